The summed E-state index contributed by atoms with van der Waals surface area (Å²) in [6.45, 7) is 2.31. The van der Waals surface area contributed by atoms with Crippen molar-refractivity contribution in [3.05, 3.63) is 34.3 Å². The number of halogens is 1. The smallest absolute Gasteiger partial charge is 0.328 e. The van der Waals surface area contributed by atoms with E-state index in [1.165, 1.54) is 31.8 Å². The van der Waals surface area contributed by atoms with E-state index in [2.05, 4.69) is 40.9 Å². The first-order valence-electron chi connectivity index (χ1n) is 7.40. The molecule has 0 aromatic heterocycles. The number of aliphatic carboxylic acids is 1. The van der Waals surface area contributed by atoms with Gasteiger partial charge in [0.05, 0.1) is 0 Å². The monoisotopic (exact) mass is 351 g/mol. The van der Waals surface area contributed by atoms with E-state index in [0.29, 0.717) is 6.04 Å². The number of hydrogen-bond acceptors (Lipinski definition) is 2. The molecule has 0 bridgehead atoms. The van der Waals surface area contributed by atoms with Gasteiger partial charge in [-0.05, 0) is 48.6 Å². The van der Waals surface area contributed by atoms with Crippen molar-refractivity contribution in [2.75, 3.05) is 11.9 Å². The molecule has 0 radical (unpaired) electrons. The van der Waals surface area contributed by atoms with Crippen LogP contribution in [0.4, 0.5) is 5.69 Å². The summed E-state index contributed by atoms with van der Waals surface area (Å²) in [4.78, 5) is 13.1. The lowest BCUT2D eigenvalue weighted by Crippen LogP contribution is -2.35. The summed E-state index contributed by atoms with van der Waals surface area (Å²) < 4.78 is 0.960. The van der Waals surface area contributed by atoms with E-state index < -0.39 is 5.97 Å². The maximum Gasteiger partial charge on any atom is 0.328 e. The van der Waals surface area contributed by atoms with Crippen molar-refractivity contribution < 1.29 is 9.90 Å². The van der Waals surface area contributed by atoms with Gasteiger partial charge in [0.1, 0.15) is 0 Å². The lowest BCUT2D eigenvalue weighted by molar-refractivity contribution is -0.131. The van der Waals surface area contributed by atoms with Gasteiger partial charge in [-0.15, -0.1) is 0 Å². The largest absolute Gasteiger partial charge is 0.478 e. The average Bonchev–Trinajstić information content (AvgIpc) is 2.44. The molecule has 1 aromatic rings. The fourth-order valence-electron chi connectivity index (χ4n) is 3.09. The molecular weight excluding hydrogens is 330 g/mol. The molecule has 4 heteroatoms. The summed E-state index contributed by atoms with van der Waals surface area (Å²) in [6.07, 6.45) is 7.87. The Morgan fingerprint density at radius 1 is 1.43 bits per heavy atom. The van der Waals surface area contributed by atoms with Crippen molar-refractivity contribution in [1.29, 1.82) is 0 Å². The molecule has 2 atom stereocenters. The van der Waals surface area contributed by atoms with Crippen molar-refractivity contribution >= 4 is 33.7 Å². The molecule has 2 rings (SSSR count). The Hall–Kier alpha value is -1.29. The molecule has 1 N–H and O–H groups in total. The summed E-state index contributed by atoms with van der Waals surface area (Å²) in [5, 5.41) is 8.84. The molecule has 2 unspecified atom stereocenters. The fourth-order valence-corrected chi connectivity index (χ4v) is 3.47. The van der Waals surface area contributed by atoms with Crippen molar-refractivity contribution in [3.63, 3.8) is 0 Å². The van der Waals surface area contributed by atoms with Crippen LogP contribution in [-0.4, -0.2) is 24.2 Å². The van der Waals surface area contributed by atoms with Crippen molar-refractivity contribution in [1.82, 2.24) is 0 Å². The predicted molar refractivity (Wildman–Crippen MR) is 90.6 cm³/mol. The molecular formula is C17H22BrNO2. The number of carbonyl (C=O) groups is 1. The molecule has 114 valence electrons. The number of benzene rings is 1. The Morgan fingerprint density at radius 3 is 2.86 bits per heavy atom. The van der Waals surface area contributed by atoms with Crippen LogP contribution in [0.15, 0.2) is 28.7 Å². The van der Waals surface area contributed by atoms with E-state index in [1.807, 2.05) is 12.1 Å². The van der Waals surface area contributed by atoms with Gasteiger partial charge < -0.3 is 10.0 Å². The second-order valence-corrected chi connectivity index (χ2v) is 6.83. The van der Waals surface area contributed by atoms with Crippen LogP contribution in [0.25, 0.3) is 6.08 Å². The van der Waals surface area contributed by atoms with Crippen LogP contribution in [0.1, 0.15) is 38.2 Å². The van der Waals surface area contributed by atoms with Gasteiger partial charge in [0.25, 0.3) is 0 Å². The normalized spacial score (nSPS) is 22.4. The minimum atomic E-state index is -0.921. The molecule has 0 aliphatic heterocycles. The van der Waals surface area contributed by atoms with Crippen LogP contribution in [0, 0.1) is 5.92 Å². The number of rotatable bonds is 4. The zero-order chi connectivity index (χ0) is 15.4. The first kappa shape index (κ1) is 16.1. The van der Waals surface area contributed by atoms with E-state index in [-0.39, 0.29) is 0 Å². The molecule has 1 fully saturated rings. The molecule has 0 heterocycles. The van der Waals surface area contributed by atoms with Gasteiger partial charge in [0.2, 0.25) is 0 Å². The third kappa shape index (κ3) is 4.34. The summed E-state index contributed by atoms with van der Waals surface area (Å²) in [6, 6.07) is 6.57. The van der Waals surface area contributed by atoms with Crippen molar-refractivity contribution in [2.24, 2.45) is 5.92 Å². The second-order valence-electron chi connectivity index (χ2n) is 5.91. The van der Waals surface area contributed by atoms with E-state index in [1.54, 1.807) is 6.08 Å². The summed E-state index contributed by atoms with van der Waals surface area (Å²) in [5.41, 5.74) is 2.03. The van der Waals surface area contributed by atoms with Crippen molar-refractivity contribution in [3.8, 4) is 0 Å². The number of carboxylic acids is 1. The summed E-state index contributed by atoms with van der Waals surface area (Å²) in [7, 11) is 2.12. The Kier molecular flexibility index (Phi) is 5.45. The minimum absolute atomic E-state index is 0.534. The van der Waals surface area contributed by atoms with Gasteiger partial charge in [0.15, 0.2) is 0 Å². The van der Waals surface area contributed by atoms with Crippen LogP contribution in [-0.2, 0) is 4.79 Å². The van der Waals surface area contributed by atoms with E-state index >= 15 is 0 Å². The van der Waals surface area contributed by atoms with E-state index in [4.69, 9.17) is 5.11 Å². The lowest BCUT2D eigenvalue weighted by atomic mass is 9.86. The van der Waals surface area contributed by atoms with Crippen LogP contribution in [0.3, 0.4) is 0 Å². The van der Waals surface area contributed by atoms with Crippen LogP contribution in [0.2, 0.25) is 0 Å². The first-order chi connectivity index (χ1) is 9.97. The average molecular weight is 352 g/mol. The first-order valence-corrected chi connectivity index (χ1v) is 8.20. The molecule has 21 heavy (non-hydrogen) atoms. The third-order valence-electron chi connectivity index (χ3n) is 4.23. The predicted octanol–water partition coefficient (Wildman–Crippen LogP) is 4.56. The molecule has 1 aromatic carbocycles. The van der Waals surface area contributed by atoms with Gasteiger partial charge in [-0.25, -0.2) is 4.79 Å². The van der Waals surface area contributed by atoms with E-state index in [0.717, 1.165) is 21.6 Å². The highest BCUT2D eigenvalue weighted by Gasteiger charge is 2.23. The second kappa shape index (κ2) is 7.12. The number of nitrogens with zero attached hydrogens (tertiary/aromatic N) is 1. The number of anilines is 1. The molecule has 0 saturated heterocycles. The molecule has 0 amide bonds. The minimum Gasteiger partial charge on any atom is -0.478 e. The van der Waals surface area contributed by atoms with Gasteiger partial charge in [-0.3, -0.25) is 0 Å². The highest BCUT2D eigenvalue weighted by molar-refractivity contribution is 9.10. The Bertz CT molecular complexity index is 542. The zero-order valence-electron chi connectivity index (χ0n) is 12.6. The van der Waals surface area contributed by atoms with Crippen LogP contribution >= 0.6 is 15.9 Å². The Morgan fingerprint density at radius 2 is 2.19 bits per heavy atom. The zero-order valence-corrected chi connectivity index (χ0v) is 14.1. The topological polar surface area (TPSA) is 40.5 Å². The third-order valence-corrected chi connectivity index (χ3v) is 4.72. The van der Waals surface area contributed by atoms with Gasteiger partial charge in [-0.1, -0.05) is 35.7 Å². The highest BCUT2D eigenvalue weighted by atomic mass is 79.9. The molecule has 0 spiro atoms. The van der Waals surface area contributed by atoms with Crippen LogP contribution in [0.5, 0.6) is 0 Å². The highest BCUT2D eigenvalue weighted by Crippen LogP contribution is 2.32. The van der Waals surface area contributed by atoms with Gasteiger partial charge >= 0.3 is 5.97 Å². The maximum absolute atomic E-state index is 10.8. The summed E-state index contributed by atoms with van der Waals surface area (Å²) in [5.74, 6) is -0.158. The molecule has 3 nitrogen and oxygen atoms in total. The molecule has 1 saturated carbocycles. The van der Waals surface area contributed by atoms with Gasteiger partial charge in [-0.2, -0.15) is 0 Å². The Labute approximate surface area is 134 Å². The standard InChI is InChI=1S/C17H22BrNO2/c1-12-4-3-5-15(10-12)19(2)16-8-7-14(18)11-13(16)6-9-17(20)21/h6-9,11-12,15H,3-5,10H2,1-2H3,(H,20,21)/b9-6+. The number of carboxylic acid groups (broad SMARTS) is 1. The fraction of sp³-hybridized carbons (Fsp3) is 0.471. The molecule has 1 aliphatic rings. The Balaban J connectivity index is 2.27. The number of hydrogen-bond donors (Lipinski definition) is 1. The quantitative estimate of drug-likeness (QED) is 0.808. The van der Waals surface area contributed by atoms with Crippen molar-refractivity contribution in [2.45, 2.75) is 38.6 Å². The molecule has 1 aliphatic carbocycles. The lowest BCUT2D eigenvalue weighted by Gasteiger charge is -2.36. The maximum atomic E-state index is 10.8. The van der Waals surface area contributed by atoms with Gasteiger partial charge in [0, 0.05) is 29.3 Å². The van der Waals surface area contributed by atoms with E-state index in [9.17, 15) is 4.79 Å². The SMILES string of the molecule is CC1CCCC(N(C)c2ccc(Br)cc2/C=C/C(=O)O)C1. The van der Waals surface area contributed by atoms with Crippen LogP contribution < -0.4 is 4.90 Å². The summed E-state index contributed by atoms with van der Waals surface area (Å²) >= 11 is 3.46.